The quantitative estimate of drug-likeness (QED) is 0.306. The smallest absolute Gasteiger partial charge is 0.184 e. The van der Waals surface area contributed by atoms with Crippen molar-refractivity contribution in [3.8, 4) is 0 Å². The summed E-state index contributed by atoms with van der Waals surface area (Å²) in [7, 11) is 0. The Hall–Kier alpha value is -0.240. The van der Waals surface area contributed by atoms with Crippen LogP contribution in [0.2, 0.25) is 0 Å². The molecule has 0 radical (unpaired) electrons. The van der Waals surface area contributed by atoms with Crippen LogP contribution < -0.4 is 0 Å². The number of aliphatic hydroxyl groups excluding tert-OH is 4. The molecule has 0 bridgehead atoms. The van der Waals surface area contributed by atoms with Gasteiger partial charge >= 0.3 is 0 Å². The van der Waals surface area contributed by atoms with Crippen molar-refractivity contribution in [3.63, 3.8) is 0 Å². The monoisotopic (exact) mass is 180 g/mol. The number of aliphatic hydroxyl groups is 5. The molecule has 0 spiro atoms. The van der Waals surface area contributed by atoms with E-state index in [1.54, 1.807) is 0 Å². The van der Waals surface area contributed by atoms with Crippen LogP contribution in [0.5, 0.6) is 0 Å². The number of ether oxygens (including phenoxy) is 1. The van der Waals surface area contributed by atoms with E-state index < -0.39 is 37.3 Å². The van der Waals surface area contributed by atoms with Crippen LogP contribution in [-0.2, 0) is 4.74 Å². The van der Waals surface area contributed by atoms with Crippen LogP contribution in [0.1, 0.15) is 0 Å². The van der Waals surface area contributed by atoms with Gasteiger partial charge in [0.1, 0.15) is 17.8 Å². The van der Waals surface area contributed by atoms with Crippen molar-refractivity contribution in [2.75, 3.05) is 13.2 Å². The van der Waals surface area contributed by atoms with Gasteiger partial charge in [0.2, 0.25) is 0 Å². The Bertz CT molecular complexity index is 162. The van der Waals surface area contributed by atoms with Crippen molar-refractivity contribution in [1.82, 2.24) is 0 Å². The van der Waals surface area contributed by atoms with E-state index in [0.29, 0.717) is 0 Å². The molecule has 6 nitrogen and oxygen atoms in total. The molecule has 5 N–H and O–H groups in total. The molecule has 1 aliphatic rings. The standard InChI is InChI=1S/C6H12O6/c7-1-3-6(11,2-8)4(9)5(10)12-3/h3-5,7-11H,1-2H2/t3-,4+,5?,6-/m1/s1. The molecule has 6 heteroatoms. The molecule has 0 aromatic heterocycles. The molecule has 1 aliphatic heterocycles. The maximum absolute atomic E-state index is 9.45. The molecule has 1 saturated heterocycles. The summed E-state index contributed by atoms with van der Waals surface area (Å²) in [5, 5.41) is 44.8. The molecule has 1 unspecified atom stereocenters. The lowest BCUT2D eigenvalue weighted by Crippen LogP contribution is -2.52. The van der Waals surface area contributed by atoms with Gasteiger partial charge in [-0.2, -0.15) is 0 Å². The molecule has 1 heterocycles. The van der Waals surface area contributed by atoms with Crippen LogP contribution in [0.25, 0.3) is 0 Å². The first kappa shape index (κ1) is 9.85. The molecule has 0 amide bonds. The third-order valence-electron chi connectivity index (χ3n) is 2.06. The van der Waals surface area contributed by atoms with Crippen molar-refractivity contribution < 1.29 is 30.3 Å². The first-order valence-corrected chi connectivity index (χ1v) is 3.52. The van der Waals surface area contributed by atoms with Crippen LogP contribution in [0, 0.1) is 0 Å². The van der Waals surface area contributed by atoms with Gasteiger partial charge in [-0.25, -0.2) is 0 Å². The fourth-order valence-electron chi connectivity index (χ4n) is 1.19. The minimum atomic E-state index is -1.98. The Morgan fingerprint density at radius 2 is 1.83 bits per heavy atom. The number of hydrogen-bond donors (Lipinski definition) is 5. The number of rotatable bonds is 2. The highest BCUT2D eigenvalue weighted by Crippen LogP contribution is 2.29. The average Bonchev–Trinajstić information content (AvgIpc) is 2.30. The van der Waals surface area contributed by atoms with E-state index in [2.05, 4.69) is 4.74 Å². The molecular formula is C6H12O6. The lowest BCUT2D eigenvalue weighted by Gasteiger charge is -2.26. The normalized spacial score (nSPS) is 48.2. The van der Waals surface area contributed by atoms with Crippen LogP contribution in [0.4, 0.5) is 0 Å². The summed E-state index contributed by atoms with van der Waals surface area (Å²) in [5.74, 6) is 0. The molecule has 0 aromatic rings. The van der Waals surface area contributed by atoms with Crippen LogP contribution >= 0.6 is 0 Å². The largest absolute Gasteiger partial charge is 0.394 e. The van der Waals surface area contributed by atoms with E-state index in [1.807, 2.05) is 0 Å². The van der Waals surface area contributed by atoms with E-state index >= 15 is 0 Å². The van der Waals surface area contributed by atoms with E-state index in [4.69, 9.17) is 20.4 Å². The van der Waals surface area contributed by atoms with Gasteiger partial charge in [0.15, 0.2) is 6.29 Å². The van der Waals surface area contributed by atoms with Crippen LogP contribution in [-0.4, -0.2) is 62.8 Å². The Kier molecular flexibility index (Phi) is 2.67. The second kappa shape index (κ2) is 3.25. The highest BCUT2D eigenvalue weighted by molar-refractivity contribution is 5.00. The summed E-state index contributed by atoms with van der Waals surface area (Å²) in [4.78, 5) is 0. The minimum Gasteiger partial charge on any atom is -0.394 e. The zero-order valence-corrected chi connectivity index (χ0v) is 6.29. The molecule has 1 rings (SSSR count). The summed E-state index contributed by atoms with van der Waals surface area (Å²) in [5.41, 5.74) is -1.98. The first-order chi connectivity index (χ1) is 5.56. The summed E-state index contributed by atoms with van der Waals surface area (Å²) in [6.45, 7) is -1.36. The van der Waals surface area contributed by atoms with E-state index in [-0.39, 0.29) is 0 Å². The van der Waals surface area contributed by atoms with Gasteiger partial charge in [-0.3, -0.25) is 0 Å². The third kappa shape index (κ3) is 1.22. The van der Waals surface area contributed by atoms with Crippen molar-refractivity contribution in [2.24, 2.45) is 0 Å². The lowest BCUT2D eigenvalue weighted by atomic mass is 9.94. The molecule has 4 atom stereocenters. The molecule has 0 saturated carbocycles. The molecular weight excluding hydrogens is 168 g/mol. The maximum atomic E-state index is 9.45. The Balaban J connectivity index is 2.80. The van der Waals surface area contributed by atoms with Gasteiger partial charge < -0.3 is 30.3 Å². The fraction of sp³-hybridized carbons (Fsp3) is 1.00. The topological polar surface area (TPSA) is 110 Å². The molecule has 12 heavy (non-hydrogen) atoms. The Morgan fingerprint density at radius 1 is 1.25 bits per heavy atom. The fourth-order valence-corrected chi connectivity index (χ4v) is 1.19. The van der Waals surface area contributed by atoms with Gasteiger partial charge in [0.25, 0.3) is 0 Å². The van der Waals surface area contributed by atoms with E-state index in [9.17, 15) is 5.11 Å². The molecule has 72 valence electrons. The van der Waals surface area contributed by atoms with Crippen LogP contribution in [0.15, 0.2) is 0 Å². The van der Waals surface area contributed by atoms with Crippen molar-refractivity contribution in [1.29, 1.82) is 0 Å². The number of hydrogen-bond acceptors (Lipinski definition) is 6. The van der Waals surface area contributed by atoms with Crippen molar-refractivity contribution >= 4 is 0 Å². The average molecular weight is 180 g/mol. The molecule has 0 aliphatic carbocycles. The molecule has 0 aromatic carbocycles. The summed E-state index contributed by atoms with van der Waals surface area (Å²) >= 11 is 0. The van der Waals surface area contributed by atoms with Gasteiger partial charge in [0.05, 0.1) is 13.2 Å². The zero-order valence-electron chi connectivity index (χ0n) is 6.29. The Morgan fingerprint density at radius 3 is 2.17 bits per heavy atom. The summed E-state index contributed by atoms with van der Waals surface area (Å²) < 4.78 is 4.57. The zero-order chi connectivity index (χ0) is 9.35. The predicted molar refractivity (Wildman–Crippen MR) is 36.0 cm³/mol. The Labute approximate surface area is 68.6 Å². The minimum absolute atomic E-state index is 0.578. The van der Waals surface area contributed by atoms with E-state index in [1.165, 1.54) is 0 Å². The first-order valence-electron chi connectivity index (χ1n) is 3.52. The summed E-state index contributed by atoms with van der Waals surface area (Å²) in [6, 6.07) is 0. The van der Waals surface area contributed by atoms with Gasteiger partial charge in [-0.05, 0) is 0 Å². The predicted octanol–water partition coefficient (Wildman–Crippen LogP) is -3.22. The second-order valence-electron chi connectivity index (χ2n) is 2.79. The maximum Gasteiger partial charge on any atom is 0.184 e. The van der Waals surface area contributed by atoms with Crippen molar-refractivity contribution in [3.05, 3.63) is 0 Å². The SMILES string of the molecule is OC[C@H]1OC(O)[C@H](O)[C@@]1(O)CO. The summed E-state index contributed by atoms with van der Waals surface area (Å²) in [6.07, 6.45) is -4.33. The third-order valence-corrected chi connectivity index (χ3v) is 2.06. The highest BCUT2D eigenvalue weighted by atomic mass is 16.7. The van der Waals surface area contributed by atoms with Gasteiger partial charge in [-0.15, -0.1) is 0 Å². The second-order valence-corrected chi connectivity index (χ2v) is 2.79. The lowest BCUT2D eigenvalue weighted by molar-refractivity contribution is -0.132. The van der Waals surface area contributed by atoms with Gasteiger partial charge in [-0.1, -0.05) is 0 Å². The van der Waals surface area contributed by atoms with E-state index in [0.717, 1.165) is 0 Å². The highest BCUT2D eigenvalue weighted by Gasteiger charge is 2.54. The van der Waals surface area contributed by atoms with Gasteiger partial charge in [0, 0.05) is 0 Å². The van der Waals surface area contributed by atoms with Crippen LogP contribution in [0.3, 0.4) is 0 Å². The molecule has 1 fully saturated rings. The van der Waals surface area contributed by atoms with Crippen molar-refractivity contribution in [2.45, 2.75) is 24.1 Å².